The van der Waals surface area contributed by atoms with E-state index in [-0.39, 0.29) is 47.1 Å². The Labute approximate surface area is 176 Å². The van der Waals surface area contributed by atoms with Crippen molar-refractivity contribution in [1.82, 2.24) is 19.0 Å². The Morgan fingerprint density at radius 2 is 2.03 bits per heavy atom. The minimum absolute atomic E-state index is 0.0513. The van der Waals surface area contributed by atoms with Crippen LogP contribution in [0.5, 0.6) is 0 Å². The molecule has 0 aliphatic carbocycles. The highest BCUT2D eigenvalue weighted by molar-refractivity contribution is 7.91. The lowest BCUT2D eigenvalue weighted by molar-refractivity contribution is -0.132. The summed E-state index contributed by atoms with van der Waals surface area (Å²) in [6.45, 7) is 3.07. The SMILES string of the molecule is Cc1nn(CC(=O)N(C)C2CCS(=O)(=O)C2)c(C)c1S(=O)(=O)N(C)Cc1ccco1. The number of carbonyl (C=O) groups excluding carboxylic acids is 1. The van der Waals surface area contributed by atoms with Crippen LogP contribution < -0.4 is 0 Å². The number of rotatable bonds is 7. The average Bonchev–Trinajstić information content (AvgIpc) is 3.35. The van der Waals surface area contributed by atoms with Gasteiger partial charge in [0.1, 0.15) is 17.2 Å². The number of amides is 1. The minimum Gasteiger partial charge on any atom is -0.468 e. The molecule has 1 amide bonds. The molecule has 1 atom stereocenters. The van der Waals surface area contributed by atoms with Crippen LogP contribution in [-0.2, 0) is 37.7 Å². The van der Waals surface area contributed by atoms with Crippen LogP contribution in [0.4, 0.5) is 0 Å². The van der Waals surface area contributed by atoms with E-state index in [0.717, 1.165) is 0 Å². The number of aromatic nitrogens is 2. The molecule has 0 N–H and O–H groups in total. The van der Waals surface area contributed by atoms with E-state index >= 15 is 0 Å². The van der Waals surface area contributed by atoms with Crippen molar-refractivity contribution < 1.29 is 26.0 Å². The van der Waals surface area contributed by atoms with Crippen LogP contribution in [0, 0.1) is 13.8 Å². The van der Waals surface area contributed by atoms with Gasteiger partial charge >= 0.3 is 0 Å². The zero-order chi connectivity index (χ0) is 22.3. The Hall–Kier alpha value is -2.18. The van der Waals surface area contributed by atoms with E-state index in [0.29, 0.717) is 17.9 Å². The first-order chi connectivity index (χ1) is 13.9. The smallest absolute Gasteiger partial charge is 0.246 e. The summed E-state index contributed by atoms with van der Waals surface area (Å²) in [6.07, 6.45) is 1.88. The van der Waals surface area contributed by atoms with Crippen molar-refractivity contribution in [2.45, 2.75) is 44.3 Å². The molecule has 1 unspecified atom stereocenters. The molecule has 0 radical (unpaired) electrons. The summed E-state index contributed by atoms with van der Waals surface area (Å²) in [6, 6.07) is 3.00. The monoisotopic (exact) mass is 458 g/mol. The lowest BCUT2D eigenvalue weighted by Gasteiger charge is -2.23. The summed E-state index contributed by atoms with van der Waals surface area (Å²) >= 11 is 0. The summed E-state index contributed by atoms with van der Waals surface area (Å²) in [7, 11) is -3.96. The fourth-order valence-corrected chi connectivity index (χ4v) is 6.87. The van der Waals surface area contributed by atoms with Gasteiger partial charge in [-0.15, -0.1) is 0 Å². The molecule has 1 fully saturated rings. The van der Waals surface area contributed by atoms with Crippen LogP contribution in [0.25, 0.3) is 0 Å². The van der Waals surface area contributed by atoms with Crippen molar-refractivity contribution in [3.63, 3.8) is 0 Å². The second-order valence-electron chi connectivity index (χ2n) is 7.56. The molecule has 12 heteroatoms. The molecule has 166 valence electrons. The van der Waals surface area contributed by atoms with Gasteiger partial charge in [-0.05, 0) is 32.4 Å². The third kappa shape index (κ3) is 4.44. The molecule has 1 aliphatic heterocycles. The molecular formula is C18H26N4O6S2. The third-order valence-corrected chi connectivity index (χ3v) is 9.18. The third-order valence-electron chi connectivity index (χ3n) is 5.38. The number of hydrogen-bond acceptors (Lipinski definition) is 7. The fraction of sp³-hybridized carbons (Fsp3) is 0.556. The normalized spacial score (nSPS) is 18.8. The Balaban J connectivity index is 1.79. The van der Waals surface area contributed by atoms with Crippen molar-refractivity contribution in [3.8, 4) is 0 Å². The number of aryl methyl sites for hydroxylation is 1. The molecule has 0 saturated carbocycles. The van der Waals surface area contributed by atoms with E-state index in [2.05, 4.69) is 5.10 Å². The highest BCUT2D eigenvalue weighted by Gasteiger charge is 2.34. The number of hydrogen-bond donors (Lipinski definition) is 0. The summed E-state index contributed by atoms with van der Waals surface area (Å²) in [5.41, 5.74) is 0.636. The number of sulfonamides is 1. The largest absolute Gasteiger partial charge is 0.468 e. The Bertz CT molecular complexity index is 1140. The minimum atomic E-state index is -3.86. The van der Waals surface area contributed by atoms with Crippen molar-refractivity contribution in [3.05, 3.63) is 35.5 Å². The molecule has 3 rings (SSSR count). The highest BCUT2D eigenvalue weighted by Crippen LogP contribution is 2.24. The first kappa shape index (κ1) is 22.5. The number of nitrogens with zero attached hydrogens (tertiary/aromatic N) is 4. The van der Waals surface area contributed by atoms with Gasteiger partial charge in [-0.25, -0.2) is 16.8 Å². The first-order valence-electron chi connectivity index (χ1n) is 9.41. The second-order valence-corrected chi connectivity index (χ2v) is 11.8. The Kier molecular flexibility index (Phi) is 6.12. The van der Waals surface area contributed by atoms with Crippen molar-refractivity contribution in [2.75, 3.05) is 25.6 Å². The molecule has 30 heavy (non-hydrogen) atoms. The maximum atomic E-state index is 13.1. The van der Waals surface area contributed by atoms with E-state index in [1.165, 1.54) is 27.2 Å². The fourth-order valence-electron chi connectivity index (χ4n) is 3.59. The van der Waals surface area contributed by atoms with Gasteiger partial charge in [0.25, 0.3) is 0 Å². The number of furan rings is 1. The van der Waals surface area contributed by atoms with Gasteiger partial charge in [0, 0.05) is 20.1 Å². The predicted octanol–water partition coefficient (Wildman–Crippen LogP) is 0.559. The second kappa shape index (κ2) is 8.16. The van der Waals surface area contributed by atoms with E-state index in [1.807, 2.05) is 0 Å². The van der Waals surface area contributed by atoms with Gasteiger partial charge < -0.3 is 9.32 Å². The van der Waals surface area contributed by atoms with E-state index in [4.69, 9.17) is 4.42 Å². The van der Waals surface area contributed by atoms with Crippen molar-refractivity contribution in [1.29, 1.82) is 0 Å². The van der Waals surface area contributed by atoms with Crippen LogP contribution in [0.2, 0.25) is 0 Å². The first-order valence-corrected chi connectivity index (χ1v) is 12.7. The molecule has 2 aromatic heterocycles. The maximum Gasteiger partial charge on any atom is 0.246 e. The van der Waals surface area contributed by atoms with Gasteiger partial charge in [-0.3, -0.25) is 9.48 Å². The van der Waals surface area contributed by atoms with E-state index in [9.17, 15) is 21.6 Å². The van der Waals surface area contributed by atoms with Gasteiger partial charge in [-0.2, -0.15) is 9.40 Å². The molecule has 3 heterocycles. The molecule has 2 aromatic rings. The van der Waals surface area contributed by atoms with Crippen LogP contribution >= 0.6 is 0 Å². The van der Waals surface area contributed by atoms with E-state index in [1.54, 1.807) is 33.0 Å². The summed E-state index contributed by atoms with van der Waals surface area (Å²) in [5.74, 6) is 0.200. The van der Waals surface area contributed by atoms with Gasteiger partial charge in [-0.1, -0.05) is 0 Å². The number of carbonyl (C=O) groups is 1. The predicted molar refractivity (Wildman–Crippen MR) is 109 cm³/mol. The number of likely N-dealkylation sites (N-methyl/N-ethyl adjacent to an activating group) is 1. The molecule has 1 saturated heterocycles. The molecule has 0 aromatic carbocycles. The Morgan fingerprint density at radius 1 is 1.33 bits per heavy atom. The average molecular weight is 459 g/mol. The highest BCUT2D eigenvalue weighted by atomic mass is 32.2. The van der Waals surface area contributed by atoms with Gasteiger partial charge in [0.05, 0.1) is 35.7 Å². The van der Waals surface area contributed by atoms with Crippen molar-refractivity contribution >= 4 is 25.8 Å². The Morgan fingerprint density at radius 3 is 2.60 bits per heavy atom. The van der Waals surface area contributed by atoms with Crippen LogP contribution in [0.15, 0.2) is 27.7 Å². The summed E-state index contributed by atoms with van der Waals surface area (Å²) < 4.78 is 57.3. The van der Waals surface area contributed by atoms with Gasteiger partial charge in [0.2, 0.25) is 15.9 Å². The quantitative estimate of drug-likeness (QED) is 0.594. The molecular weight excluding hydrogens is 432 g/mol. The van der Waals surface area contributed by atoms with Crippen molar-refractivity contribution in [2.24, 2.45) is 0 Å². The van der Waals surface area contributed by atoms with E-state index < -0.39 is 19.9 Å². The molecule has 1 aliphatic rings. The molecule has 0 spiro atoms. The van der Waals surface area contributed by atoms with Crippen LogP contribution in [0.3, 0.4) is 0 Å². The molecule has 10 nitrogen and oxygen atoms in total. The zero-order valence-corrected chi connectivity index (χ0v) is 19.0. The van der Waals surface area contributed by atoms with Gasteiger partial charge in [0.15, 0.2) is 9.84 Å². The standard InChI is InChI=1S/C18H26N4O6S2/c1-13-18(30(26,27)20(3)10-16-6-5-8-28-16)14(2)22(19-13)11-17(23)21(4)15-7-9-29(24,25)12-15/h5-6,8,15H,7,9-12H2,1-4H3. The summed E-state index contributed by atoms with van der Waals surface area (Å²) in [5, 5.41) is 4.26. The zero-order valence-electron chi connectivity index (χ0n) is 17.4. The topological polar surface area (TPSA) is 123 Å². The number of sulfone groups is 1. The molecule has 0 bridgehead atoms. The maximum absolute atomic E-state index is 13.1. The summed E-state index contributed by atoms with van der Waals surface area (Å²) in [4.78, 5) is 14.1. The lowest BCUT2D eigenvalue weighted by Crippen LogP contribution is -2.40. The van der Waals surface area contributed by atoms with Crippen LogP contribution in [0.1, 0.15) is 23.6 Å². The van der Waals surface area contributed by atoms with Crippen LogP contribution in [-0.4, -0.2) is 73.4 Å². The lowest BCUT2D eigenvalue weighted by atomic mass is 10.2.